The summed E-state index contributed by atoms with van der Waals surface area (Å²) < 4.78 is 1.65. The van der Waals surface area contributed by atoms with E-state index in [2.05, 4.69) is 46.2 Å². The van der Waals surface area contributed by atoms with Crippen molar-refractivity contribution in [3.8, 4) is 11.3 Å². The fraction of sp³-hybridized carbons (Fsp3) is 0.240. The SMILES string of the molecule is CN1CCN(c2cccc(Cc3nn4ccc(-c5ccccc5)nc4c3C(N)=O)c2)CC1. The number of piperazine rings is 1. The normalized spacial score (nSPS) is 14.7. The van der Waals surface area contributed by atoms with E-state index in [-0.39, 0.29) is 0 Å². The summed E-state index contributed by atoms with van der Waals surface area (Å²) in [6.07, 6.45) is 2.35. The fourth-order valence-corrected chi connectivity index (χ4v) is 4.24. The predicted octanol–water partition coefficient (Wildman–Crippen LogP) is 2.84. The average Bonchev–Trinajstić information content (AvgIpc) is 3.17. The predicted molar refractivity (Wildman–Crippen MR) is 126 cm³/mol. The summed E-state index contributed by atoms with van der Waals surface area (Å²) in [5.74, 6) is -0.511. The summed E-state index contributed by atoms with van der Waals surface area (Å²) in [5, 5.41) is 4.65. The van der Waals surface area contributed by atoms with Crippen LogP contribution in [-0.4, -0.2) is 58.6 Å². The van der Waals surface area contributed by atoms with Gasteiger partial charge in [0.1, 0.15) is 5.56 Å². The number of primary amides is 1. The average molecular weight is 427 g/mol. The molecule has 0 radical (unpaired) electrons. The minimum absolute atomic E-state index is 0.382. The molecule has 1 aliphatic rings. The van der Waals surface area contributed by atoms with Gasteiger partial charge in [0.15, 0.2) is 5.65 Å². The van der Waals surface area contributed by atoms with E-state index in [9.17, 15) is 4.79 Å². The van der Waals surface area contributed by atoms with Crippen molar-refractivity contribution in [1.82, 2.24) is 19.5 Å². The van der Waals surface area contributed by atoms with Gasteiger partial charge in [-0.05, 0) is 30.8 Å². The summed E-state index contributed by atoms with van der Waals surface area (Å²) >= 11 is 0. The maximum absolute atomic E-state index is 12.4. The molecule has 1 saturated heterocycles. The number of carbonyl (C=O) groups is 1. The molecule has 0 aliphatic carbocycles. The number of hydrogen-bond donors (Lipinski definition) is 1. The molecule has 7 nitrogen and oxygen atoms in total. The lowest BCUT2D eigenvalue weighted by Gasteiger charge is -2.34. The fourth-order valence-electron chi connectivity index (χ4n) is 4.24. The Hall–Kier alpha value is -3.71. The molecule has 0 unspecified atom stereocenters. The Labute approximate surface area is 187 Å². The number of amides is 1. The minimum atomic E-state index is -0.511. The largest absolute Gasteiger partial charge is 0.369 e. The van der Waals surface area contributed by atoms with E-state index in [1.54, 1.807) is 4.52 Å². The Morgan fingerprint density at radius 2 is 1.78 bits per heavy atom. The number of nitrogens with two attached hydrogens (primary N) is 1. The van der Waals surface area contributed by atoms with Crippen LogP contribution in [0, 0.1) is 0 Å². The lowest BCUT2D eigenvalue weighted by molar-refractivity contribution is 0.100. The van der Waals surface area contributed by atoms with E-state index in [0.717, 1.165) is 43.0 Å². The van der Waals surface area contributed by atoms with Gasteiger partial charge < -0.3 is 15.5 Å². The molecule has 1 amide bonds. The van der Waals surface area contributed by atoms with Crippen LogP contribution < -0.4 is 10.6 Å². The van der Waals surface area contributed by atoms with E-state index in [1.807, 2.05) is 42.6 Å². The molecular weight excluding hydrogens is 400 g/mol. The molecule has 162 valence electrons. The molecule has 5 rings (SSSR count). The molecule has 2 aromatic carbocycles. The Bertz CT molecular complexity index is 1260. The van der Waals surface area contributed by atoms with E-state index < -0.39 is 5.91 Å². The van der Waals surface area contributed by atoms with Gasteiger partial charge in [0.05, 0.1) is 11.4 Å². The summed E-state index contributed by atoms with van der Waals surface area (Å²) in [5.41, 5.74) is 11.4. The number of likely N-dealkylation sites (N-methyl/N-ethyl adjacent to an activating group) is 1. The van der Waals surface area contributed by atoms with Crippen molar-refractivity contribution < 1.29 is 4.79 Å². The van der Waals surface area contributed by atoms with E-state index in [0.29, 0.717) is 23.3 Å². The third-order valence-corrected chi connectivity index (χ3v) is 6.02. The topological polar surface area (TPSA) is 79.8 Å². The van der Waals surface area contributed by atoms with Crippen LogP contribution >= 0.6 is 0 Å². The molecule has 0 spiro atoms. The number of anilines is 1. The maximum Gasteiger partial charge on any atom is 0.254 e. The molecule has 2 N–H and O–H groups in total. The number of aromatic nitrogens is 3. The van der Waals surface area contributed by atoms with Gasteiger partial charge in [0.2, 0.25) is 0 Å². The first-order valence-electron chi connectivity index (χ1n) is 10.8. The molecule has 3 heterocycles. The van der Waals surface area contributed by atoms with Crippen molar-refractivity contribution >= 4 is 17.2 Å². The minimum Gasteiger partial charge on any atom is -0.369 e. The van der Waals surface area contributed by atoms with Crippen LogP contribution in [0.1, 0.15) is 21.6 Å². The lowest BCUT2D eigenvalue weighted by Crippen LogP contribution is -2.44. The quantitative estimate of drug-likeness (QED) is 0.531. The first-order chi connectivity index (χ1) is 15.6. The molecule has 0 bridgehead atoms. The Balaban J connectivity index is 1.48. The zero-order valence-corrected chi connectivity index (χ0v) is 18.1. The summed E-state index contributed by atoms with van der Waals surface area (Å²) in [6, 6.07) is 20.2. The van der Waals surface area contributed by atoms with Crippen LogP contribution in [0.3, 0.4) is 0 Å². The van der Waals surface area contributed by atoms with Crippen LogP contribution in [-0.2, 0) is 6.42 Å². The van der Waals surface area contributed by atoms with E-state index in [4.69, 9.17) is 10.7 Å². The van der Waals surface area contributed by atoms with Crippen LogP contribution in [0.25, 0.3) is 16.9 Å². The van der Waals surface area contributed by atoms with Gasteiger partial charge in [-0.25, -0.2) is 9.50 Å². The number of rotatable bonds is 5. The number of carbonyl (C=O) groups excluding carboxylic acids is 1. The number of hydrogen-bond acceptors (Lipinski definition) is 5. The van der Waals surface area contributed by atoms with Crippen molar-refractivity contribution in [2.24, 2.45) is 5.73 Å². The number of nitrogens with zero attached hydrogens (tertiary/aromatic N) is 5. The Morgan fingerprint density at radius 3 is 2.53 bits per heavy atom. The maximum atomic E-state index is 12.4. The molecule has 1 aliphatic heterocycles. The van der Waals surface area contributed by atoms with Crippen LogP contribution in [0.5, 0.6) is 0 Å². The second-order valence-electron chi connectivity index (χ2n) is 8.27. The highest BCUT2D eigenvalue weighted by atomic mass is 16.1. The highest BCUT2D eigenvalue weighted by Gasteiger charge is 2.20. The first-order valence-corrected chi connectivity index (χ1v) is 10.8. The molecule has 1 fully saturated rings. The van der Waals surface area contributed by atoms with Gasteiger partial charge in [-0.1, -0.05) is 42.5 Å². The van der Waals surface area contributed by atoms with Gasteiger partial charge in [-0.3, -0.25) is 4.79 Å². The Kier molecular flexibility index (Phi) is 5.33. The molecule has 2 aromatic heterocycles. The van der Waals surface area contributed by atoms with Gasteiger partial charge in [0.25, 0.3) is 5.91 Å². The molecular formula is C25H26N6O. The molecule has 7 heteroatoms. The molecule has 4 aromatic rings. The monoisotopic (exact) mass is 426 g/mol. The lowest BCUT2D eigenvalue weighted by atomic mass is 10.0. The second kappa shape index (κ2) is 8.43. The molecule has 0 saturated carbocycles. The van der Waals surface area contributed by atoms with Crippen LogP contribution in [0.4, 0.5) is 5.69 Å². The number of benzene rings is 2. The van der Waals surface area contributed by atoms with Crippen molar-refractivity contribution in [3.63, 3.8) is 0 Å². The third-order valence-electron chi connectivity index (χ3n) is 6.02. The summed E-state index contributed by atoms with van der Waals surface area (Å²) in [7, 11) is 2.15. The Morgan fingerprint density at radius 1 is 1.00 bits per heavy atom. The first kappa shape index (κ1) is 20.2. The standard InChI is InChI=1S/C25H26N6O/c1-29-12-14-30(15-13-29)20-9-5-6-18(16-20)17-22-23(24(26)32)25-27-21(10-11-31(25)28-22)19-7-3-2-4-8-19/h2-11,16H,12-15,17H2,1H3,(H2,26,32). The van der Waals surface area contributed by atoms with Gasteiger partial charge in [-0.2, -0.15) is 5.10 Å². The highest BCUT2D eigenvalue weighted by Crippen LogP contribution is 2.24. The van der Waals surface area contributed by atoms with Crippen LogP contribution in [0.2, 0.25) is 0 Å². The zero-order valence-electron chi connectivity index (χ0n) is 18.1. The van der Waals surface area contributed by atoms with E-state index >= 15 is 0 Å². The highest BCUT2D eigenvalue weighted by molar-refractivity contribution is 6.00. The smallest absolute Gasteiger partial charge is 0.254 e. The number of fused-ring (bicyclic) bond motifs is 1. The molecule has 0 atom stereocenters. The van der Waals surface area contributed by atoms with Crippen molar-refractivity contribution in [1.29, 1.82) is 0 Å². The summed E-state index contributed by atoms with van der Waals surface area (Å²) in [4.78, 5) is 21.8. The van der Waals surface area contributed by atoms with Gasteiger partial charge >= 0.3 is 0 Å². The second-order valence-corrected chi connectivity index (χ2v) is 8.27. The van der Waals surface area contributed by atoms with Crippen LogP contribution in [0.15, 0.2) is 66.9 Å². The zero-order chi connectivity index (χ0) is 22.1. The van der Waals surface area contributed by atoms with E-state index in [1.165, 1.54) is 5.69 Å². The third kappa shape index (κ3) is 3.94. The van der Waals surface area contributed by atoms with Crippen molar-refractivity contribution in [3.05, 3.63) is 83.7 Å². The molecule has 32 heavy (non-hydrogen) atoms. The van der Waals surface area contributed by atoms with Crippen molar-refractivity contribution in [2.45, 2.75) is 6.42 Å². The van der Waals surface area contributed by atoms with Crippen molar-refractivity contribution in [2.75, 3.05) is 38.1 Å². The van der Waals surface area contributed by atoms with Gasteiger partial charge in [-0.15, -0.1) is 0 Å². The van der Waals surface area contributed by atoms with Gasteiger partial charge in [0, 0.05) is 50.0 Å². The summed E-state index contributed by atoms with van der Waals surface area (Å²) in [6.45, 7) is 4.12.